The van der Waals surface area contributed by atoms with E-state index in [1.807, 2.05) is 14.0 Å². The van der Waals surface area contributed by atoms with Gasteiger partial charge in [0, 0.05) is 37.5 Å². The minimum Gasteiger partial charge on any atom is -0.496 e. The summed E-state index contributed by atoms with van der Waals surface area (Å²) in [7, 11) is 6.59. The lowest BCUT2D eigenvalue weighted by atomic mass is 10.00. The lowest BCUT2D eigenvalue weighted by Crippen LogP contribution is -2.44. The van der Waals surface area contributed by atoms with E-state index >= 15 is 0 Å². The Bertz CT molecular complexity index is 807. The zero-order valence-electron chi connectivity index (χ0n) is 17.9. The molecule has 1 aromatic heterocycles. The van der Waals surface area contributed by atoms with Crippen LogP contribution in [-0.4, -0.2) is 55.3 Å². The molecule has 29 heavy (non-hydrogen) atoms. The molecule has 0 radical (unpaired) electrons. The van der Waals surface area contributed by atoms with E-state index in [0.29, 0.717) is 36.3 Å². The standard InChI is InChI=1S/C20H31N5O4/c1-7-21-19(23-13-20(2,26)14-10-24-25(3)12-14)22-11-16-17(28-5)8-15(27-4)9-18(16)29-6/h8-10,12,26H,7,11,13H2,1-6H3,(H2,21,22,23). The topological polar surface area (TPSA) is 102 Å². The number of nitrogens with one attached hydrogen (secondary N) is 2. The van der Waals surface area contributed by atoms with Gasteiger partial charge in [-0.2, -0.15) is 5.10 Å². The van der Waals surface area contributed by atoms with Crippen molar-refractivity contribution in [2.24, 2.45) is 12.0 Å². The first-order valence-electron chi connectivity index (χ1n) is 9.37. The number of hydrogen-bond acceptors (Lipinski definition) is 6. The van der Waals surface area contributed by atoms with Crippen molar-refractivity contribution in [3.8, 4) is 17.2 Å². The van der Waals surface area contributed by atoms with Gasteiger partial charge in [-0.3, -0.25) is 4.68 Å². The summed E-state index contributed by atoms with van der Waals surface area (Å²) in [6.45, 7) is 4.97. The van der Waals surface area contributed by atoms with E-state index in [2.05, 4.69) is 20.7 Å². The van der Waals surface area contributed by atoms with E-state index < -0.39 is 5.60 Å². The van der Waals surface area contributed by atoms with Gasteiger partial charge in [-0.05, 0) is 13.8 Å². The molecule has 3 N–H and O–H groups in total. The molecule has 9 heteroatoms. The highest BCUT2D eigenvalue weighted by Gasteiger charge is 2.25. The maximum Gasteiger partial charge on any atom is 0.191 e. The maximum absolute atomic E-state index is 10.8. The minimum absolute atomic E-state index is 0.265. The molecule has 1 aromatic carbocycles. The van der Waals surface area contributed by atoms with E-state index in [9.17, 15) is 5.11 Å². The Labute approximate surface area is 171 Å². The summed E-state index contributed by atoms with van der Waals surface area (Å²) in [5, 5.41) is 21.3. The first kappa shape index (κ1) is 22.4. The van der Waals surface area contributed by atoms with Crippen LogP contribution in [0.2, 0.25) is 0 Å². The molecule has 160 valence electrons. The van der Waals surface area contributed by atoms with Gasteiger partial charge in [-0.25, -0.2) is 4.99 Å². The molecule has 0 bridgehead atoms. The van der Waals surface area contributed by atoms with Crippen molar-refractivity contribution in [1.82, 2.24) is 20.4 Å². The molecular weight excluding hydrogens is 374 g/mol. The fourth-order valence-electron chi connectivity index (χ4n) is 2.79. The average molecular weight is 405 g/mol. The van der Waals surface area contributed by atoms with Gasteiger partial charge in [0.05, 0.1) is 46.2 Å². The predicted octanol–water partition coefficient (Wildman–Crippen LogP) is 1.41. The summed E-state index contributed by atoms with van der Waals surface area (Å²) in [4.78, 5) is 4.62. The highest BCUT2D eigenvalue weighted by atomic mass is 16.5. The zero-order chi connectivity index (χ0) is 21.4. The number of rotatable bonds is 9. The number of methoxy groups -OCH3 is 3. The molecule has 0 spiro atoms. The van der Waals surface area contributed by atoms with Crippen LogP contribution in [0.1, 0.15) is 25.0 Å². The van der Waals surface area contributed by atoms with Crippen molar-refractivity contribution in [3.05, 3.63) is 35.7 Å². The fourth-order valence-corrected chi connectivity index (χ4v) is 2.79. The second-order valence-electron chi connectivity index (χ2n) is 6.74. The zero-order valence-corrected chi connectivity index (χ0v) is 17.9. The Hall–Kier alpha value is -2.94. The minimum atomic E-state index is -1.10. The number of aromatic nitrogens is 2. The molecule has 0 fully saturated rings. The van der Waals surface area contributed by atoms with E-state index in [-0.39, 0.29) is 6.54 Å². The number of aliphatic imine (C=N–C) groups is 1. The number of aliphatic hydroxyl groups is 1. The molecule has 9 nitrogen and oxygen atoms in total. The SMILES string of the molecule is CCNC(=NCc1c(OC)cc(OC)cc1OC)NCC(C)(O)c1cnn(C)c1. The van der Waals surface area contributed by atoms with Crippen LogP contribution in [-0.2, 0) is 19.2 Å². The molecule has 0 saturated carbocycles. The summed E-state index contributed by atoms with van der Waals surface area (Å²) in [5.74, 6) is 2.46. The Morgan fingerprint density at radius 1 is 1.17 bits per heavy atom. The summed E-state index contributed by atoms with van der Waals surface area (Å²) in [6.07, 6.45) is 3.44. The van der Waals surface area contributed by atoms with Crippen LogP contribution in [0.25, 0.3) is 0 Å². The van der Waals surface area contributed by atoms with Crippen LogP contribution in [0.5, 0.6) is 17.2 Å². The van der Waals surface area contributed by atoms with Crippen LogP contribution in [0.15, 0.2) is 29.5 Å². The third kappa shape index (κ3) is 5.77. The van der Waals surface area contributed by atoms with Crippen LogP contribution in [0.3, 0.4) is 0 Å². The molecule has 0 amide bonds. The van der Waals surface area contributed by atoms with Gasteiger partial charge in [-0.15, -0.1) is 0 Å². The number of benzene rings is 1. The van der Waals surface area contributed by atoms with E-state index in [4.69, 9.17) is 14.2 Å². The summed E-state index contributed by atoms with van der Waals surface area (Å²) in [6, 6.07) is 3.59. The normalized spacial score (nSPS) is 13.6. The lowest BCUT2D eigenvalue weighted by Gasteiger charge is -2.24. The Balaban J connectivity index is 2.19. The van der Waals surface area contributed by atoms with Crippen molar-refractivity contribution in [3.63, 3.8) is 0 Å². The highest BCUT2D eigenvalue weighted by Crippen LogP contribution is 2.34. The van der Waals surface area contributed by atoms with Gasteiger partial charge in [0.15, 0.2) is 5.96 Å². The van der Waals surface area contributed by atoms with Crippen molar-refractivity contribution in [1.29, 1.82) is 0 Å². The van der Waals surface area contributed by atoms with Gasteiger partial charge in [0.2, 0.25) is 0 Å². The molecule has 1 atom stereocenters. The fraction of sp³-hybridized carbons (Fsp3) is 0.500. The number of aryl methyl sites for hydroxylation is 1. The lowest BCUT2D eigenvalue weighted by molar-refractivity contribution is 0.0616. The Morgan fingerprint density at radius 2 is 1.83 bits per heavy atom. The molecule has 0 aliphatic carbocycles. The van der Waals surface area contributed by atoms with Crippen LogP contribution >= 0.6 is 0 Å². The molecule has 0 aliphatic rings. The molecule has 1 unspecified atom stereocenters. The number of ether oxygens (including phenoxy) is 3. The smallest absolute Gasteiger partial charge is 0.191 e. The third-order valence-corrected chi connectivity index (χ3v) is 4.48. The van der Waals surface area contributed by atoms with Gasteiger partial charge in [0.1, 0.15) is 22.8 Å². The molecular formula is C20H31N5O4. The Morgan fingerprint density at radius 3 is 2.31 bits per heavy atom. The third-order valence-electron chi connectivity index (χ3n) is 4.48. The number of nitrogens with zero attached hydrogens (tertiary/aromatic N) is 3. The highest BCUT2D eigenvalue weighted by molar-refractivity contribution is 5.80. The number of guanidine groups is 1. The first-order chi connectivity index (χ1) is 13.8. The van der Waals surface area contributed by atoms with Crippen LogP contribution in [0, 0.1) is 0 Å². The van der Waals surface area contributed by atoms with Crippen molar-refractivity contribution in [2.45, 2.75) is 26.0 Å². The van der Waals surface area contributed by atoms with Gasteiger partial charge in [0.25, 0.3) is 0 Å². The van der Waals surface area contributed by atoms with E-state index in [1.165, 1.54) is 0 Å². The van der Waals surface area contributed by atoms with E-state index in [1.54, 1.807) is 57.5 Å². The van der Waals surface area contributed by atoms with Crippen LogP contribution in [0.4, 0.5) is 0 Å². The molecule has 0 aliphatic heterocycles. The van der Waals surface area contributed by atoms with Crippen LogP contribution < -0.4 is 24.8 Å². The van der Waals surface area contributed by atoms with Crippen molar-refractivity contribution in [2.75, 3.05) is 34.4 Å². The van der Waals surface area contributed by atoms with Gasteiger partial charge >= 0.3 is 0 Å². The van der Waals surface area contributed by atoms with Crippen molar-refractivity contribution < 1.29 is 19.3 Å². The second-order valence-corrected chi connectivity index (χ2v) is 6.74. The summed E-state index contributed by atoms with van der Waals surface area (Å²) >= 11 is 0. The quantitative estimate of drug-likeness (QED) is 0.428. The van der Waals surface area contributed by atoms with E-state index in [0.717, 1.165) is 11.1 Å². The summed E-state index contributed by atoms with van der Waals surface area (Å²) < 4.78 is 17.9. The van der Waals surface area contributed by atoms with Gasteiger partial charge in [-0.1, -0.05) is 0 Å². The van der Waals surface area contributed by atoms with Gasteiger partial charge < -0.3 is 30.0 Å². The molecule has 0 saturated heterocycles. The maximum atomic E-state index is 10.8. The Kier molecular flexibility index (Phi) is 7.72. The first-order valence-corrected chi connectivity index (χ1v) is 9.37. The monoisotopic (exact) mass is 405 g/mol. The molecule has 2 aromatic rings. The van der Waals surface area contributed by atoms with Crippen molar-refractivity contribution >= 4 is 5.96 Å². The largest absolute Gasteiger partial charge is 0.496 e. The second kappa shape index (κ2) is 10.0. The summed E-state index contributed by atoms with van der Waals surface area (Å²) in [5.41, 5.74) is 0.425. The average Bonchev–Trinajstić information content (AvgIpc) is 3.16. The molecule has 2 rings (SSSR count). The predicted molar refractivity (Wildman–Crippen MR) is 112 cm³/mol. The number of hydrogen-bond donors (Lipinski definition) is 3. The molecule has 1 heterocycles.